The van der Waals surface area contributed by atoms with Gasteiger partial charge >= 0.3 is 0 Å². The highest BCUT2D eigenvalue weighted by atomic mass is 35.5. The molecular weight excluding hydrogens is 378 g/mol. The van der Waals surface area contributed by atoms with Gasteiger partial charge < -0.3 is 15.0 Å². The summed E-state index contributed by atoms with van der Waals surface area (Å²) in [6.07, 6.45) is 3.93. The number of halogens is 1. The van der Waals surface area contributed by atoms with Gasteiger partial charge in [-0.05, 0) is 37.1 Å². The van der Waals surface area contributed by atoms with Crippen LogP contribution in [0.2, 0.25) is 0 Å². The number of nitrogens with two attached hydrogens (primary N) is 1. The molecule has 6 nitrogen and oxygen atoms in total. The molecular formula is C21H22ClN3O3. The second-order valence-electron chi connectivity index (χ2n) is 6.88. The summed E-state index contributed by atoms with van der Waals surface area (Å²) in [5.41, 5.74) is 7.14. The molecule has 146 valence electrons. The highest BCUT2D eigenvalue weighted by molar-refractivity contribution is 6.08. The van der Waals surface area contributed by atoms with E-state index in [2.05, 4.69) is 10.1 Å². The molecule has 0 radical (unpaired) electrons. The molecule has 1 heterocycles. The summed E-state index contributed by atoms with van der Waals surface area (Å²) in [6.45, 7) is 0.162. The van der Waals surface area contributed by atoms with Crippen molar-refractivity contribution in [1.82, 2.24) is 10.1 Å². The van der Waals surface area contributed by atoms with Gasteiger partial charge in [-0.2, -0.15) is 4.98 Å². The van der Waals surface area contributed by atoms with Crippen LogP contribution in [0, 0.1) is 0 Å². The summed E-state index contributed by atoms with van der Waals surface area (Å²) >= 11 is 0. The van der Waals surface area contributed by atoms with Crippen molar-refractivity contribution in [2.45, 2.75) is 37.8 Å². The van der Waals surface area contributed by atoms with Crippen molar-refractivity contribution in [2.24, 2.45) is 5.73 Å². The average Bonchev–Trinajstić information content (AvgIpc) is 3.37. The van der Waals surface area contributed by atoms with E-state index in [9.17, 15) is 4.79 Å². The van der Waals surface area contributed by atoms with Crippen LogP contribution in [0.15, 0.2) is 59.1 Å². The Kier molecular flexibility index (Phi) is 6.11. The normalized spacial score (nSPS) is 15.0. The summed E-state index contributed by atoms with van der Waals surface area (Å²) in [4.78, 5) is 16.8. The van der Waals surface area contributed by atoms with E-state index in [-0.39, 0.29) is 24.8 Å². The second-order valence-corrected chi connectivity index (χ2v) is 6.88. The molecule has 0 unspecified atom stereocenters. The molecule has 2 N–H and O–H groups in total. The third kappa shape index (κ3) is 4.24. The van der Waals surface area contributed by atoms with Gasteiger partial charge in [-0.15, -0.1) is 12.4 Å². The van der Waals surface area contributed by atoms with Gasteiger partial charge in [0.1, 0.15) is 5.75 Å². The molecule has 28 heavy (non-hydrogen) atoms. The van der Waals surface area contributed by atoms with E-state index in [4.69, 9.17) is 15.0 Å². The van der Waals surface area contributed by atoms with Crippen LogP contribution in [0.3, 0.4) is 0 Å². The van der Waals surface area contributed by atoms with E-state index in [1.165, 1.54) is 0 Å². The molecule has 1 aliphatic rings. The van der Waals surface area contributed by atoms with Crippen LogP contribution < -0.4 is 10.5 Å². The van der Waals surface area contributed by atoms with Crippen molar-refractivity contribution >= 4 is 18.2 Å². The molecule has 0 saturated heterocycles. The number of hydrogen-bond donors (Lipinski definition) is 1. The lowest BCUT2D eigenvalue weighted by atomic mass is 9.99. The SMILES string of the molecule is Cl.NC1(c2noc(COc3ccc(C(=O)c4ccccc4)cc3)n2)CCCC1. The lowest BCUT2D eigenvalue weighted by Crippen LogP contribution is -2.34. The minimum absolute atomic E-state index is 0. The largest absolute Gasteiger partial charge is 0.484 e. The van der Waals surface area contributed by atoms with Gasteiger partial charge in [-0.1, -0.05) is 48.3 Å². The van der Waals surface area contributed by atoms with E-state index in [1.54, 1.807) is 36.4 Å². The van der Waals surface area contributed by atoms with E-state index >= 15 is 0 Å². The molecule has 2 aromatic carbocycles. The zero-order valence-corrected chi connectivity index (χ0v) is 16.2. The lowest BCUT2D eigenvalue weighted by molar-refractivity contribution is 0.103. The van der Waals surface area contributed by atoms with E-state index in [1.807, 2.05) is 18.2 Å². The number of ketones is 1. The lowest BCUT2D eigenvalue weighted by Gasteiger charge is -2.17. The van der Waals surface area contributed by atoms with Crippen molar-refractivity contribution in [1.29, 1.82) is 0 Å². The maximum atomic E-state index is 12.4. The zero-order chi connectivity index (χ0) is 18.7. The summed E-state index contributed by atoms with van der Waals surface area (Å²) in [5.74, 6) is 1.56. The smallest absolute Gasteiger partial charge is 0.264 e. The van der Waals surface area contributed by atoms with E-state index in [0.717, 1.165) is 25.7 Å². The standard InChI is InChI=1S/C21H21N3O3.ClH/c22-21(12-4-5-13-21)20-23-18(27-24-20)14-26-17-10-8-16(9-11-17)19(25)15-6-2-1-3-7-15;/h1-3,6-11H,4-5,12-14,22H2;1H. The highest BCUT2D eigenvalue weighted by Crippen LogP contribution is 2.34. The van der Waals surface area contributed by atoms with Crippen molar-refractivity contribution in [3.63, 3.8) is 0 Å². The predicted octanol–water partition coefficient (Wildman–Crippen LogP) is 4.03. The Hall–Kier alpha value is -2.70. The maximum absolute atomic E-state index is 12.4. The van der Waals surface area contributed by atoms with Crippen LogP contribution >= 0.6 is 12.4 Å². The van der Waals surface area contributed by atoms with Gasteiger partial charge in [0.2, 0.25) is 0 Å². The summed E-state index contributed by atoms with van der Waals surface area (Å²) < 4.78 is 11.0. The topological polar surface area (TPSA) is 91.2 Å². The van der Waals surface area contributed by atoms with Crippen molar-refractivity contribution in [2.75, 3.05) is 0 Å². The molecule has 1 saturated carbocycles. The third-order valence-corrected chi connectivity index (χ3v) is 4.92. The van der Waals surface area contributed by atoms with Gasteiger partial charge in [0.05, 0.1) is 5.54 Å². The Bertz CT molecular complexity index is 920. The molecule has 3 aromatic rings. The Balaban J connectivity index is 0.00000225. The van der Waals surface area contributed by atoms with Crippen LogP contribution in [0.5, 0.6) is 5.75 Å². The van der Waals surface area contributed by atoms with E-state index < -0.39 is 5.54 Å². The number of carbonyl (C=O) groups is 1. The molecule has 1 fully saturated rings. The fraction of sp³-hybridized carbons (Fsp3) is 0.286. The third-order valence-electron chi connectivity index (χ3n) is 4.92. The van der Waals surface area contributed by atoms with Crippen molar-refractivity contribution in [3.05, 3.63) is 77.4 Å². The fourth-order valence-electron chi connectivity index (χ4n) is 3.35. The maximum Gasteiger partial charge on any atom is 0.264 e. The first-order valence-electron chi connectivity index (χ1n) is 9.09. The molecule has 0 spiro atoms. The number of hydrogen-bond acceptors (Lipinski definition) is 6. The van der Waals surface area contributed by atoms with Crippen molar-refractivity contribution < 1.29 is 14.1 Å². The Morgan fingerprint density at radius 3 is 2.36 bits per heavy atom. The molecule has 0 amide bonds. The van der Waals surface area contributed by atoms with Gasteiger partial charge in [-0.25, -0.2) is 0 Å². The number of ether oxygens (including phenoxy) is 1. The molecule has 4 rings (SSSR count). The average molecular weight is 400 g/mol. The van der Waals surface area contributed by atoms with E-state index in [0.29, 0.717) is 28.6 Å². The van der Waals surface area contributed by atoms with Crippen LogP contribution in [0.25, 0.3) is 0 Å². The van der Waals surface area contributed by atoms with Crippen LogP contribution in [-0.2, 0) is 12.1 Å². The van der Waals surface area contributed by atoms with Crippen LogP contribution in [0.1, 0.15) is 53.3 Å². The minimum Gasteiger partial charge on any atom is -0.484 e. The van der Waals surface area contributed by atoms with Gasteiger partial charge in [0, 0.05) is 11.1 Å². The monoisotopic (exact) mass is 399 g/mol. The first-order valence-corrected chi connectivity index (χ1v) is 9.09. The number of rotatable bonds is 6. The Morgan fingerprint density at radius 1 is 1.04 bits per heavy atom. The van der Waals surface area contributed by atoms with Crippen molar-refractivity contribution in [3.8, 4) is 5.75 Å². The fourth-order valence-corrected chi connectivity index (χ4v) is 3.35. The summed E-state index contributed by atoms with van der Waals surface area (Å²) in [5, 5.41) is 4.02. The highest BCUT2D eigenvalue weighted by Gasteiger charge is 2.35. The van der Waals surface area contributed by atoms with Gasteiger partial charge in [0.15, 0.2) is 18.2 Å². The van der Waals surface area contributed by atoms with Gasteiger partial charge in [-0.3, -0.25) is 4.79 Å². The second kappa shape index (κ2) is 8.54. The number of benzene rings is 2. The Labute approximate surface area is 169 Å². The first-order chi connectivity index (χ1) is 13.1. The molecule has 1 aromatic heterocycles. The zero-order valence-electron chi connectivity index (χ0n) is 15.3. The summed E-state index contributed by atoms with van der Waals surface area (Å²) in [7, 11) is 0. The molecule has 0 atom stereocenters. The Morgan fingerprint density at radius 2 is 1.68 bits per heavy atom. The van der Waals surface area contributed by atoms with Crippen LogP contribution in [0.4, 0.5) is 0 Å². The van der Waals surface area contributed by atoms with Crippen LogP contribution in [-0.4, -0.2) is 15.9 Å². The first kappa shape index (κ1) is 20.0. The number of nitrogens with zero attached hydrogens (tertiary/aromatic N) is 2. The number of aromatic nitrogens is 2. The predicted molar refractivity (Wildman–Crippen MR) is 107 cm³/mol. The quantitative estimate of drug-likeness (QED) is 0.629. The molecule has 7 heteroatoms. The number of carbonyl (C=O) groups excluding carboxylic acids is 1. The minimum atomic E-state index is -0.471. The van der Waals surface area contributed by atoms with Gasteiger partial charge in [0.25, 0.3) is 5.89 Å². The molecule has 0 bridgehead atoms. The molecule has 0 aliphatic heterocycles. The molecule has 1 aliphatic carbocycles. The summed E-state index contributed by atoms with van der Waals surface area (Å²) in [6, 6.07) is 16.2.